The monoisotopic (exact) mass is 405 g/mol. The second-order valence-corrected chi connectivity index (χ2v) is 2.45. The van der Waals surface area contributed by atoms with Crippen molar-refractivity contribution in [2.24, 2.45) is 0 Å². The molecule has 0 unspecified atom stereocenters. The Kier molecular flexibility index (Phi) is 184. The number of hydrogen-bond acceptors (Lipinski definition) is 8. The summed E-state index contributed by atoms with van der Waals surface area (Å²) in [5.41, 5.74) is 0. The molecule has 0 aliphatic carbocycles. The molecule has 0 aromatic rings. The summed E-state index contributed by atoms with van der Waals surface area (Å²) in [5.74, 6) is 0. The van der Waals surface area contributed by atoms with E-state index < -0.39 is 20.8 Å². The average molecular weight is 406 g/mol. The predicted molar refractivity (Wildman–Crippen MR) is 62.1 cm³/mol. The van der Waals surface area contributed by atoms with Crippen LogP contribution >= 0.6 is 0 Å². The molecule has 26 N–H and O–H groups in total. The Balaban J connectivity index is -0.00000000508. The van der Waals surface area contributed by atoms with Gasteiger partial charge >= 0.3 is 17.1 Å². The van der Waals surface area contributed by atoms with E-state index in [9.17, 15) is 0 Å². The molecular weight excluding hydrogens is 380 g/mol. The fourth-order valence-corrected chi connectivity index (χ4v) is 0. The maximum Gasteiger partial charge on any atom is 2.00 e. The molecule has 19 heavy (non-hydrogen) atoms. The first-order chi connectivity index (χ1) is 4.00. The minimum absolute atomic E-state index is 0. The van der Waals surface area contributed by atoms with Crippen LogP contribution in [0, 0.1) is 0 Å². The molecule has 0 atom stereocenters. The molecule has 1 radical (unpaired) electrons. The zero-order valence-electron chi connectivity index (χ0n) is 9.85. The van der Waals surface area contributed by atoms with Gasteiger partial charge in [0, 0.05) is 20.8 Å². The van der Waals surface area contributed by atoms with Crippen LogP contribution in [0.5, 0.6) is 0 Å². The molecule has 0 aromatic carbocycles. The summed E-state index contributed by atoms with van der Waals surface area (Å²) in [6, 6.07) is 0. The van der Waals surface area contributed by atoms with E-state index in [1.54, 1.807) is 0 Å². The summed E-state index contributed by atoms with van der Waals surface area (Å²) in [6.45, 7) is 0. The largest absolute Gasteiger partial charge is 2.00 e. The van der Waals surface area contributed by atoms with Gasteiger partial charge in [0.2, 0.25) is 0 Å². The first-order valence-electron chi connectivity index (χ1n) is 1.33. The van der Waals surface area contributed by atoms with E-state index in [2.05, 4.69) is 0 Å². The number of hydrogen-bond donors (Lipinski definition) is 2. The van der Waals surface area contributed by atoms with Gasteiger partial charge in [-0.3, -0.25) is 16.8 Å². The zero-order chi connectivity index (χ0) is 9.00. The topological polar surface area (TPSA) is 432 Å². The second kappa shape index (κ2) is 36.1. The molecule has 0 bridgehead atoms. The van der Waals surface area contributed by atoms with Crippen LogP contribution in [-0.2, 0) is 70.7 Å². The van der Waals surface area contributed by atoms with Crippen molar-refractivity contribution in [2.75, 3.05) is 0 Å². The summed E-state index contributed by atoms with van der Waals surface area (Å²) < 4.78 is 68.2. The third-order valence-electron chi connectivity index (χ3n) is 0. The maximum atomic E-state index is 8.52. The molecule has 0 aromatic heterocycles. The molecule has 0 spiro atoms. The van der Waals surface area contributed by atoms with Crippen LogP contribution in [0.25, 0.3) is 0 Å². The normalized spacial score (nSPS) is 6.11. The average Bonchev–Trinajstić information content (AvgIpc) is 1.12. The minimum atomic E-state index is -5.17. The molecule has 16 nitrogen and oxygen atoms in total. The fraction of sp³-hybridized carbons (Fsp3) is 0. The molecular formula is H26CuN2O14S2+6. The Hall–Kier alpha value is -0.0605. The third kappa shape index (κ3) is 1240000. The quantitative estimate of drug-likeness (QED) is 0.168. The summed E-state index contributed by atoms with van der Waals surface area (Å²) >= 11 is 0. The van der Waals surface area contributed by atoms with Crippen LogP contribution in [0.3, 0.4) is 0 Å². The molecule has 19 heteroatoms. The van der Waals surface area contributed by atoms with E-state index in [1.165, 1.54) is 0 Å². The summed E-state index contributed by atoms with van der Waals surface area (Å²) in [5, 5.41) is 0. The molecule has 137 valence electrons. The van der Waals surface area contributed by atoms with Gasteiger partial charge in [-0.15, -0.1) is 0 Å². The minimum Gasteiger partial charge on any atom is -0.759 e. The smallest absolute Gasteiger partial charge is 0.759 e. The van der Waals surface area contributed by atoms with Gasteiger partial charge in [0.05, 0.1) is 0 Å². The Morgan fingerprint density at radius 2 is 0.474 bits per heavy atom. The van der Waals surface area contributed by atoms with E-state index in [1.807, 2.05) is 0 Å². The van der Waals surface area contributed by atoms with E-state index in [0.717, 1.165) is 0 Å². The van der Waals surface area contributed by atoms with Crippen LogP contribution in [-0.4, -0.2) is 35.0 Å². The van der Waals surface area contributed by atoms with Crippen LogP contribution in [0.2, 0.25) is 0 Å². The Bertz CT molecular complexity index is 220. The SMILES string of the molecule is O=S(=O)([O-])[O-].O=S(=O)([O-])[O-].[Cu+2].[NH4+].[NH4+].[OH3+].[OH3+].[OH3+].[OH3+].[OH3+].[OH3+]. The van der Waals surface area contributed by atoms with Crippen LogP contribution < -0.4 is 12.3 Å². The van der Waals surface area contributed by atoms with E-state index in [0.29, 0.717) is 0 Å². The Morgan fingerprint density at radius 1 is 0.474 bits per heavy atom. The molecule has 0 saturated carbocycles. The molecule has 0 heterocycles. The standard InChI is InChI=1S/Cu.2H3N.2H2O4S.6H2O/c;;;2*1-5(2,3)4;;;;;;/h;2*1H3;2*(H2,1,2,3,4);6*1H2/q+2;;;;;;;;;;/p+4. The Morgan fingerprint density at radius 3 is 0.474 bits per heavy atom. The van der Waals surface area contributed by atoms with Crippen LogP contribution in [0.1, 0.15) is 0 Å². The summed E-state index contributed by atoms with van der Waals surface area (Å²) in [7, 11) is -10.3. The summed E-state index contributed by atoms with van der Waals surface area (Å²) in [6.07, 6.45) is 0. The Labute approximate surface area is 118 Å². The molecule has 0 amide bonds. The van der Waals surface area contributed by atoms with Gasteiger partial charge in [0.25, 0.3) is 0 Å². The van der Waals surface area contributed by atoms with Crippen LogP contribution in [0.4, 0.5) is 0 Å². The van der Waals surface area contributed by atoms with E-state index >= 15 is 0 Å². The van der Waals surface area contributed by atoms with Crippen molar-refractivity contribution < 1.29 is 85.0 Å². The molecule has 0 rings (SSSR count). The zero-order valence-corrected chi connectivity index (χ0v) is 12.4. The molecule has 0 aliphatic heterocycles. The van der Waals surface area contributed by atoms with Gasteiger partial charge < -0.3 is 63.4 Å². The van der Waals surface area contributed by atoms with Gasteiger partial charge in [0.1, 0.15) is 0 Å². The van der Waals surface area contributed by atoms with Crippen molar-refractivity contribution in [3.63, 3.8) is 0 Å². The number of quaternary nitrogens is 2. The van der Waals surface area contributed by atoms with Crippen molar-refractivity contribution in [1.29, 1.82) is 0 Å². The van der Waals surface area contributed by atoms with Crippen LogP contribution in [0.15, 0.2) is 0 Å². The van der Waals surface area contributed by atoms with Gasteiger partial charge in [-0.25, -0.2) is 0 Å². The third-order valence-corrected chi connectivity index (χ3v) is 0. The maximum absolute atomic E-state index is 8.52. The molecule has 0 fully saturated rings. The molecule has 0 saturated heterocycles. The van der Waals surface area contributed by atoms with Gasteiger partial charge in [-0.2, -0.15) is 0 Å². The number of rotatable bonds is 0. The van der Waals surface area contributed by atoms with Crippen molar-refractivity contribution in [3.05, 3.63) is 0 Å². The predicted octanol–water partition coefficient (Wildman–Crippen LogP) is -7.46. The molecule has 0 aliphatic rings. The van der Waals surface area contributed by atoms with Crippen molar-refractivity contribution in [3.8, 4) is 0 Å². The first kappa shape index (κ1) is 96.7. The van der Waals surface area contributed by atoms with Gasteiger partial charge in [-0.1, -0.05) is 0 Å². The van der Waals surface area contributed by atoms with Gasteiger partial charge in [-0.05, 0) is 0 Å². The van der Waals surface area contributed by atoms with Crippen molar-refractivity contribution in [2.45, 2.75) is 0 Å². The van der Waals surface area contributed by atoms with Crippen molar-refractivity contribution >= 4 is 20.8 Å². The second-order valence-electron chi connectivity index (χ2n) is 0.816. The first-order valence-corrected chi connectivity index (χ1v) is 4.00. The van der Waals surface area contributed by atoms with Gasteiger partial charge in [0.15, 0.2) is 0 Å². The fourth-order valence-electron chi connectivity index (χ4n) is 0. The van der Waals surface area contributed by atoms with Crippen molar-refractivity contribution in [1.82, 2.24) is 12.3 Å². The summed E-state index contributed by atoms with van der Waals surface area (Å²) in [4.78, 5) is 0. The van der Waals surface area contributed by atoms with E-state index in [-0.39, 0.29) is 62.2 Å². The van der Waals surface area contributed by atoms with E-state index in [4.69, 9.17) is 35.0 Å².